The lowest BCUT2D eigenvalue weighted by molar-refractivity contribution is -0.0335. The molecular weight excluding hydrogens is 541 g/mol. The number of ether oxygens (including phenoxy) is 3. The number of benzene rings is 1. The number of imidazole rings is 1. The monoisotopic (exact) mass is 569 g/mol. The van der Waals surface area contributed by atoms with E-state index in [1.165, 1.54) is 17.0 Å². The number of aromatic nitrogens is 4. The van der Waals surface area contributed by atoms with Crippen LogP contribution in [0.2, 0.25) is 5.15 Å². The fourth-order valence-electron chi connectivity index (χ4n) is 4.54. The summed E-state index contributed by atoms with van der Waals surface area (Å²) < 4.78 is 31.4. The summed E-state index contributed by atoms with van der Waals surface area (Å²) in [6.45, 7) is 0.638. The van der Waals surface area contributed by atoms with Gasteiger partial charge in [0.2, 0.25) is 0 Å². The Hall–Kier alpha value is -4.16. The molecule has 1 fully saturated rings. The third-order valence-electron chi connectivity index (χ3n) is 6.89. The summed E-state index contributed by atoms with van der Waals surface area (Å²) >= 11 is 6.38. The van der Waals surface area contributed by atoms with E-state index in [1.54, 1.807) is 20.3 Å². The molecule has 0 unspecified atom stereocenters. The van der Waals surface area contributed by atoms with Gasteiger partial charge in [0.05, 0.1) is 56.2 Å². The number of nitrogen functional groups attached to an aromatic ring is 1. The topological polar surface area (TPSA) is 130 Å². The molecule has 0 bridgehead atoms. The molecule has 3 N–H and O–H groups in total. The number of halogens is 2. The standard InChI is InChI=1S/C27H29ClFN7O4/c1-35(12-15-4-5-17(38-2)9-23(15)39-3)21-10-24(28)34-26-25(21)32-14-36(26)27(37)33-20-6-7-22(20)40-13-16-8-19(30)18(29)11-31-16/h4-5,8-11,14,20,22H,6-7,12-13H2,1-3H3,(H2,30,31)(H,33,37)/t20-,22-/m1/s1. The van der Waals surface area contributed by atoms with Crippen molar-refractivity contribution >= 4 is 40.2 Å². The number of nitrogens with one attached hydrogen (secondary N) is 1. The summed E-state index contributed by atoms with van der Waals surface area (Å²) in [6.07, 6.45) is 3.78. The minimum absolute atomic E-state index is 0.0124. The number of amides is 1. The number of nitrogens with zero attached hydrogens (tertiary/aromatic N) is 5. The second kappa shape index (κ2) is 11.5. The smallest absolute Gasteiger partial charge is 0.328 e. The molecule has 40 heavy (non-hydrogen) atoms. The highest BCUT2D eigenvalue weighted by atomic mass is 35.5. The summed E-state index contributed by atoms with van der Waals surface area (Å²) in [4.78, 5) is 28.0. The van der Waals surface area contributed by atoms with Crippen molar-refractivity contribution in [3.05, 3.63) is 65.1 Å². The Labute approximate surface area is 235 Å². The molecule has 1 aromatic carbocycles. The van der Waals surface area contributed by atoms with Crippen molar-refractivity contribution in [1.82, 2.24) is 24.8 Å². The first-order valence-corrected chi connectivity index (χ1v) is 12.9. The number of carbonyl (C=O) groups is 1. The number of pyridine rings is 2. The minimum atomic E-state index is -0.575. The minimum Gasteiger partial charge on any atom is -0.497 e. The van der Waals surface area contributed by atoms with E-state index in [9.17, 15) is 9.18 Å². The molecule has 5 rings (SSSR count). The van der Waals surface area contributed by atoms with Crippen LogP contribution >= 0.6 is 11.6 Å². The fraction of sp³-hybridized carbons (Fsp3) is 0.333. The number of rotatable bonds is 9. The molecule has 1 saturated carbocycles. The van der Waals surface area contributed by atoms with Gasteiger partial charge in [0.25, 0.3) is 0 Å². The van der Waals surface area contributed by atoms with Gasteiger partial charge in [-0.3, -0.25) is 4.98 Å². The molecule has 0 aliphatic heterocycles. The summed E-state index contributed by atoms with van der Waals surface area (Å²) in [5.74, 6) is 0.801. The zero-order chi connectivity index (χ0) is 28.4. The van der Waals surface area contributed by atoms with Gasteiger partial charge in [-0.2, -0.15) is 0 Å². The molecule has 210 valence electrons. The summed E-state index contributed by atoms with van der Waals surface area (Å²) in [5, 5.41) is 3.20. The van der Waals surface area contributed by atoms with Crippen LogP contribution in [0.5, 0.6) is 11.5 Å². The number of nitrogens with two attached hydrogens (primary N) is 1. The van der Waals surface area contributed by atoms with Crippen LogP contribution in [0.1, 0.15) is 24.1 Å². The first-order valence-electron chi connectivity index (χ1n) is 12.6. The zero-order valence-corrected chi connectivity index (χ0v) is 23.0. The molecule has 11 nitrogen and oxygen atoms in total. The van der Waals surface area contributed by atoms with E-state index in [1.807, 2.05) is 30.1 Å². The van der Waals surface area contributed by atoms with Crippen LogP contribution < -0.4 is 25.4 Å². The number of fused-ring (bicyclic) bond motifs is 1. The highest BCUT2D eigenvalue weighted by molar-refractivity contribution is 6.30. The number of hydrogen-bond acceptors (Lipinski definition) is 9. The second-order valence-electron chi connectivity index (χ2n) is 9.46. The Morgan fingerprint density at radius 2 is 2.05 bits per heavy atom. The lowest BCUT2D eigenvalue weighted by atomic mass is 9.89. The molecule has 3 aromatic heterocycles. The zero-order valence-electron chi connectivity index (χ0n) is 22.2. The van der Waals surface area contributed by atoms with Gasteiger partial charge in [-0.15, -0.1) is 0 Å². The van der Waals surface area contributed by atoms with Crippen molar-refractivity contribution < 1.29 is 23.4 Å². The SMILES string of the molecule is COc1ccc(CN(C)c2cc(Cl)nc3c2ncn3C(=O)N[C@@H]2CC[C@H]2OCc2cc(N)c(F)cn2)c(OC)c1. The number of anilines is 2. The van der Waals surface area contributed by atoms with E-state index < -0.39 is 11.8 Å². The molecule has 0 spiro atoms. The number of hydrogen-bond donors (Lipinski definition) is 2. The maximum Gasteiger partial charge on any atom is 0.328 e. The Morgan fingerprint density at radius 1 is 1.23 bits per heavy atom. The largest absolute Gasteiger partial charge is 0.497 e. The highest BCUT2D eigenvalue weighted by Gasteiger charge is 2.34. The molecule has 0 saturated heterocycles. The van der Waals surface area contributed by atoms with Gasteiger partial charge in [-0.1, -0.05) is 11.6 Å². The van der Waals surface area contributed by atoms with Crippen molar-refractivity contribution in [3.63, 3.8) is 0 Å². The van der Waals surface area contributed by atoms with Crippen molar-refractivity contribution in [2.75, 3.05) is 31.9 Å². The van der Waals surface area contributed by atoms with Gasteiger partial charge in [-0.05, 0) is 31.0 Å². The Morgan fingerprint density at radius 3 is 2.75 bits per heavy atom. The lowest BCUT2D eigenvalue weighted by Crippen LogP contribution is -2.52. The van der Waals surface area contributed by atoms with Crippen LogP contribution in [0, 0.1) is 5.82 Å². The molecule has 1 amide bonds. The van der Waals surface area contributed by atoms with Crippen molar-refractivity contribution in [1.29, 1.82) is 0 Å². The number of methoxy groups -OCH3 is 2. The van der Waals surface area contributed by atoms with E-state index in [4.69, 9.17) is 31.5 Å². The van der Waals surface area contributed by atoms with Gasteiger partial charge < -0.3 is 30.2 Å². The van der Waals surface area contributed by atoms with Gasteiger partial charge in [0.1, 0.15) is 28.5 Å². The maximum absolute atomic E-state index is 13.4. The molecule has 1 aliphatic rings. The third kappa shape index (κ3) is 5.58. The molecule has 13 heteroatoms. The average molecular weight is 570 g/mol. The Kier molecular flexibility index (Phi) is 7.90. The van der Waals surface area contributed by atoms with Crippen molar-refractivity contribution in [2.24, 2.45) is 0 Å². The predicted molar refractivity (Wildman–Crippen MR) is 148 cm³/mol. The van der Waals surface area contributed by atoms with E-state index in [2.05, 4.69) is 20.3 Å². The average Bonchev–Trinajstić information content (AvgIpc) is 3.36. The molecular formula is C27H29ClFN7O4. The van der Waals surface area contributed by atoms with E-state index >= 15 is 0 Å². The van der Waals surface area contributed by atoms with Crippen LogP contribution in [-0.4, -0.2) is 59.0 Å². The van der Waals surface area contributed by atoms with Crippen molar-refractivity contribution in [3.8, 4) is 11.5 Å². The number of carbonyl (C=O) groups excluding carboxylic acids is 1. The normalized spacial score (nSPS) is 16.4. The summed E-state index contributed by atoms with van der Waals surface area (Å²) in [5.41, 5.74) is 8.62. The molecule has 0 radical (unpaired) electrons. The van der Waals surface area contributed by atoms with Gasteiger partial charge in [0, 0.05) is 31.3 Å². The summed E-state index contributed by atoms with van der Waals surface area (Å²) in [6, 6.07) is 8.15. The van der Waals surface area contributed by atoms with Gasteiger partial charge >= 0.3 is 6.03 Å². The lowest BCUT2D eigenvalue weighted by Gasteiger charge is -2.36. The second-order valence-corrected chi connectivity index (χ2v) is 9.85. The quantitative estimate of drug-likeness (QED) is 0.285. The van der Waals surface area contributed by atoms with E-state index in [-0.39, 0.29) is 29.6 Å². The molecule has 3 heterocycles. The molecule has 2 atom stereocenters. The van der Waals surface area contributed by atoms with Crippen LogP contribution in [-0.2, 0) is 17.9 Å². The fourth-order valence-corrected chi connectivity index (χ4v) is 4.72. The first-order chi connectivity index (χ1) is 19.3. The van der Waals surface area contributed by atoms with E-state index in [0.717, 1.165) is 24.6 Å². The summed E-state index contributed by atoms with van der Waals surface area (Å²) in [7, 11) is 5.10. The molecule has 1 aliphatic carbocycles. The third-order valence-corrected chi connectivity index (χ3v) is 7.09. The van der Waals surface area contributed by atoms with E-state index in [0.29, 0.717) is 40.6 Å². The van der Waals surface area contributed by atoms with Crippen LogP contribution in [0.25, 0.3) is 11.2 Å². The van der Waals surface area contributed by atoms with Crippen LogP contribution in [0.4, 0.5) is 20.6 Å². The van der Waals surface area contributed by atoms with Gasteiger partial charge in [0.15, 0.2) is 11.5 Å². The highest BCUT2D eigenvalue weighted by Crippen LogP contribution is 2.31. The Balaban J connectivity index is 1.29. The van der Waals surface area contributed by atoms with Crippen molar-refractivity contribution in [2.45, 2.75) is 38.1 Å². The van der Waals surface area contributed by atoms with Crippen LogP contribution in [0.15, 0.2) is 42.9 Å². The maximum atomic E-state index is 13.4. The molecule has 4 aromatic rings. The van der Waals surface area contributed by atoms with Gasteiger partial charge in [-0.25, -0.2) is 23.7 Å². The Bertz CT molecular complexity index is 1550. The predicted octanol–water partition coefficient (Wildman–Crippen LogP) is 4.16. The first kappa shape index (κ1) is 27.4. The van der Waals surface area contributed by atoms with Crippen LogP contribution in [0.3, 0.4) is 0 Å².